The van der Waals surface area contributed by atoms with Crippen LogP contribution in [0.25, 0.3) is 0 Å². The lowest BCUT2D eigenvalue weighted by atomic mass is 10.2. The van der Waals surface area contributed by atoms with E-state index < -0.39 is 6.29 Å². The summed E-state index contributed by atoms with van der Waals surface area (Å²) in [5.74, 6) is 0. The highest BCUT2D eigenvalue weighted by atomic mass is 127. The molecule has 2 rings (SSSR count). The van der Waals surface area contributed by atoms with Gasteiger partial charge >= 0.3 is 0 Å². The molecule has 0 bridgehead atoms. The Bertz CT molecular complexity index is 307. The Morgan fingerprint density at radius 1 is 1.38 bits per heavy atom. The number of halogens is 1. The van der Waals surface area contributed by atoms with Gasteiger partial charge in [-0.1, -0.05) is 52.9 Å². The highest BCUT2D eigenvalue weighted by Crippen LogP contribution is 2.25. The van der Waals surface area contributed by atoms with Crippen molar-refractivity contribution in [1.29, 1.82) is 0 Å². The number of hydrogen-bond acceptors (Lipinski definition) is 3. The van der Waals surface area contributed by atoms with E-state index in [1.807, 2.05) is 30.3 Å². The first-order chi connectivity index (χ1) is 7.75. The van der Waals surface area contributed by atoms with Crippen LogP contribution in [0, 0.1) is 0 Å². The van der Waals surface area contributed by atoms with Gasteiger partial charge in [0.2, 0.25) is 0 Å². The summed E-state index contributed by atoms with van der Waals surface area (Å²) in [6.45, 7) is 1.15. The minimum atomic E-state index is -0.633. The van der Waals surface area contributed by atoms with Crippen molar-refractivity contribution in [1.82, 2.24) is 0 Å². The van der Waals surface area contributed by atoms with Crippen LogP contribution in [0.5, 0.6) is 0 Å². The van der Waals surface area contributed by atoms with Gasteiger partial charge in [0, 0.05) is 0 Å². The number of aliphatic hydroxyl groups is 1. The van der Waals surface area contributed by atoms with Crippen LogP contribution >= 0.6 is 22.6 Å². The first-order valence-electron chi connectivity index (χ1n) is 5.35. The van der Waals surface area contributed by atoms with Gasteiger partial charge in [0.1, 0.15) is 0 Å². The van der Waals surface area contributed by atoms with E-state index >= 15 is 0 Å². The summed E-state index contributed by atoms with van der Waals surface area (Å²) in [6, 6.07) is 10.0. The quantitative estimate of drug-likeness (QED) is 0.677. The van der Waals surface area contributed by atoms with Crippen LogP contribution in [-0.4, -0.2) is 28.0 Å². The monoisotopic (exact) mass is 334 g/mol. The van der Waals surface area contributed by atoms with Crippen molar-refractivity contribution in [2.75, 3.05) is 6.61 Å². The molecule has 0 radical (unpaired) electrons. The average Bonchev–Trinajstić information content (AvgIpc) is 2.60. The Hall–Kier alpha value is -0.170. The summed E-state index contributed by atoms with van der Waals surface area (Å²) in [7, 11) is 0. The number of benzene rings is 1. The van der Waals surface area contributed by atoms with Crippen molar-refractivity contribution in [2.24, 2.45) is 0 Å². The van der Waals surface area contributed by atoms with E-state index in [0.29, 0.717) is 13.2 Å². The zero-order valence-electron chi connectivity index (χ0n) is 8.88. The third-order valence-corrected chi connectivity index (χ3v) is 3.67. The van der Waals surface area contributed by atoms with Crippen LogP contribution in [0.1, 0.15) is 12.0 Å². The van der Waals surface area contributed by atoms with E-state index in [0.717, 1.165) is 12.0 Å². The molecule has 1 saturated heterocycles. The van der Waals surface area contributed by atoms with Gasteiger partial charge in [0.05, 0.1) is 23.2 Å². The minimum absolute atomic E-state index is 0.0283. The lowest BCUT2D eigenvalue weighted by Crippen LogP contribution is -2.17. The molecule has 0 aliphatic carbocycles. The molecule has 1 aromatic carbocycles. The topological polar surface area (TPSA) is 38.7 Å². The van der Waals surface area contributed by atoms with E-state index in [4.69, 9.17) is 9.47 Å². The summed E-state index contributed by atoms with van der Waals surface area (Å²) >= 11 is 2.21. The van der Waals surface area contributed by atoms with Gasteiger partial charge in [0.15, 0.2) is 6.29 Å². The number of ether oxygens (including phenoxy) is 2. The van der Waals surface area contributed by atoms with Gasteiger partial charge < -0.3 is 14.6 Å². The lowest BCUT2D eigenvalue weighted by molar-refractivity contribution is -0.107. The first kappa shape index (κ1) is 12.3. The van der Waals surface area contributed by atoms with Crippen molar-refractivity contribution in [3.05, 3.63) is 35.9 Å². The van der Waals surface area contributed by atoms with E-state index in [2.05, 4.69) is 22.6 Å². The third-order valence-electron chi connectivity index (χ3n) is 2.54. The molecule has 16 heavy (non-hydrogen) atoms. The fourth-order valence-corrected chi connectivity index (χ4v) is 2.43. The minimum Gasteiger partial charge on any atom is -0.374 e. The van der Waals surface area contributed by atoms with Gasteiger partial charge in [-0.2, -0.15) is 0 Å². The SMILES string of the molecule is O[C@@H]1O[C@H](COCc2ccccc2)C[C@H]1I. The largest absolute Gasteiger partial charge is 0.374 e. The highest BCUT2D eigenvalue weighted by Gasteiger charge is 2.31. The maximum absolute atomic E-state index is 9.40. The fourth-order valence-electron chi connectivity index (χ4n) is 1.70. The maximum atomic E-state index is 9.40. The summed E-state index contributed by atoms with van der Waals surface area (Å²) in [6.07, 6.45) is 0.253. The first-order valence-corrected chi connectivity index (χ1v) is 6.59. The molecule has 0 aromatic heterocycles. The van der Waals surface area contributed by atoms with E-state index in [-0.39, 0.29) is 10.0 Å². The molecule has 1 heterocycles. The molecule has 1 aliphatic rings. The zero-order chi connectivity index (χ0) is 11.4. The van der Waals surface area contributed by atoms with Crippen molar-refractivity contribution < 1.29 is 14.6 Å². The van der Waals surface area contributed by atoms with Crippen LogP contribution in [-0.2, 0) is 16.1 Å². The van der Waals surface area contributed by atoms with Crippen LogP contribution in [0.2, 0.25) is 0 Å². The summed E-state index contributed by atoms with van der Waals surface area (Å²) in [5.41, 5.74) is 1.16. The Labute approximate surface area is 109 Å². The van der Waals surface area contributed by atoms with Crippen LogP contribution in [0.3, 0.4) is 0 Å². The standard InChI is InChI=1S/C12H15IO3/c13-11-6-10(16-12(11)14)8-15-7-9-4-2-1-3-5-9/h1-5,10-12,14H,6-8H2/t10-,11+,12+/m0/s1. The molecule has 1 aromatic rings. The number of rotatable bonds is 4. The van der Waals surface area contributed by atoms with Crippen molar-refractivity contribution in [3.8, 4) is 0 Å². The summed E-state index contributed by atoms with van der Waals surface area (Å²) in [5, 5.41) is 9.40. The Morgan fingerprint density at radius 2 is 2.12 bits per heavy atom. The molecule has 0 saturated carbocycles. The number of hydrogen-bond donors (Lipinski definition) is 1. The molecule has 3 atom stereocenters. The normalized spacial score (nSPS) is 29.5. The van der Waals surface area contributed by atoms with Gasteiger partial charge in [-0.3, -0.25) is 0 Å². The van der Waals surface area contributed by atoms with Gasteiger partial charge in [-0.25, -0.2) is 0 Å². The maximum Gasteiger partial charge on any atom is 0.166 e. The van der Waals surface area contributed by atoms with Crippen LogP contribution in [0.15, 0.2) is 30.3 Å². The Balaban J connectivity index is 1.69. The Morgan fingerprint density at radius 3 is 2.75 bits per heavy atom. The second-order valence-corrected chi connectivity index (χ2v) is 5.50. The zero-order valence-corrected chi connectivity index (χ0v) is 11.0. The van der Waals surface area contributed by atoms with Gasteiger partial charge in [0.25, 0.3) is 0 Å². The molecule has 4 heteroatoms. The van der Waals surface area contributed by atoms with Crippen LogP contribution in [0.4, 0.5) is 0 Å². The average molecular weight is 334 g/mol. The van der Waals surface area contributed by atoms with E-state index in [9.17, 15) is 5.11 Å². The third kappa shape index (κ3) is 3.41. The predicted octanol–water partition coefficient (Wildman–Crippen LogP) is 2.11. The number of aliphatic hydroxyl groups excluding tert-OH is 1. The van der Waals surface area contributed by atoms with E-state index in [1.54, 1.807) is 0 Å². The second kappa shape index (κ2) is 5.95. The summed E-state index contributed by atoms with van der Waals surface area (Å²) < 4.78 is 11.1. The van der Waals surface area contributed by atoms with Gasteiger partial charge in [-0.05, 0) is 12.0 Å². The molecule has 0 unspecified atom stereocenters. The smallest absolute Gasteiger partial charge is 0.166 e. The molecule has 1 fully saturated rings. The predicted molar refractivity (Wildman–Crippen MR) is 69.4 cm³/mol. The van der Waals surface area contributed by atoms with Gasteiger partial charge in [-0.15, -0.1) is 0 Å². The highest BCUT2D eigenvalue weighted by molar-refractivity contribution is 14.1. The molecule has 3 nitrogen and oxygen atoms in total. The second-order valence-electron chi connectivity index (χ2n) is 3.90. The van der Waals surface area contributed by atoms with Crippen molar-refractivity contribution in [2.45, 2.75) is 29.3 Å². The molecule has 0 amide bonds. The Kier molecular flexibility index (Phi) is 4.57. The molecule has 0 spiro atoms. The van der Waals surface area contributed by atoms with Crippen LogP contribution < -0.4 is 0 Å². The molecule has 88 valence electrons. The summed E-state index contributed by atoms with van der Waals surface area (Å²) in [4.78, 5) is 0. The van der Waals surface area contributed by atoms with Crippen molar-refractivity contribution >= 4 is 22.6 Å². The molecular weight excluding hydrogens is 319 g/mol. The number of alkyl halides is 1. The lowest BCUT2D eigenvalue weighted by Gasteiger charge is -2.10. The molecular formula is C12H15IO3. The fraction of sp³-hybridized carbons (Fsp3) is 0.500. The molecule has 1 aliphatic heterocycles. The van der Waals surface area contributed by atoms with E-state index in [1.165, 1.54) is 0 Å². The van der Waals surface area contributed by atoms with Crippen molar-refractivity contribution in [3.63, 3.8) is 0 Å². The molecule has 1 N–H and O–H groups in total.